The van der Waals surface area contributed by atoms with Gasteiger partial charge in [0.15, 0.2) is 0 Å². The van der Waals surface area contributed by atoms with Crippen LogP contribution in [-0.4, -0.2) is 46.7 Å². The summed E-state index contributed by atoms with van der Waals surface area (Å²) in [6.45, 7) is 6.58. The lowest BCUT2D eigenvalue weighted by Gasteiger charge is -2.32. The van der Waals surface area contributed by atoms with E-state index in [4.69, 9.17) is 0 Å². The average molecular weight is 240 g/mol. The first-order valence-corrected chi connectivity index (χ1v) is 6.68. The van der Waals surface area contributed by atoms with Crippen LogP contribution in [0.25, 0.3) is 0 Å². The van der Waals surface area contributed by atoms with Crippen molar-refractivity contribution in [1.29, 1.82) is 0 Å². The maximum Gasteiger partial charge on any atom is 0.227 e. The first-order valence-electron chi connectivity index (χ1n) is 6.68. The van der Waals surface area contributed by atoms with E-state index in [0.29, 0.717) is 25.2 Å². The maximum atomic E-state index is 12.4. The van der Waals surface area contributed by atoms with Crippen molar-refractivity contribution in [2.45, 2.75) is 57.7 Å². The summed E-state index contributed by atoms with van der Waals surface area (Å²) in [5.41, 5.74) is -0.809. The molecule has 4 heteroatoms. The monoisotopic (exact) mass is 240 g/mol. The summed E-state index contributed by atoms with van der Waals surface area (Å²) in [5.74, 6) is 0.352. The topological polar surface area (TPSA) is 52.6 Å². The van der Waals surface area contributed by atoms with Crippen molar-refractivity contribution in [3.05, 3.63) is 0 Å². The molecule has 0 aromatic carbocycles. The summed E-state index contributed by atoms with van der Waals surface area (Å²) >= 11 is 0. The van der Waals surface area contributed by atoms with Crippen molar-refractivity contribution < 1.29 is 9.90 Å². The second-order valence-corrected chi connectivity index (χ2v) is 6.05. The normalized spacial score (nSPS) is 31.9. The smallest absolute Gasteiger partial charge is 0.227 e. The van der Waals surface area contributed by atoms with E-state index in [2.05, 4.69) is 5.32 Å². The number of likely N-dealkylation sites (N-methyl/N-ethyl adjacent to an activating group) is 1. The van der Waals surface area contributed by atoms with Gasteiger partial charge in [0, 0.05) is 25.2 Å². The molecule has 3 unspecified atom stereocenters. The molecule has 2 rings (SSSR count). The molecule has 2 heterocycles. The number of hydrogen-bond acceptors (Lipinski definition) is 3. The number of aliphatic hydroxyl groups is 1. The second kappa shape index (κ2) is 4.58. The number of hydrogen-bond donors (Lipinski definition) is 2. The summed E-state index contributed by atoms with van der Waals surface area (Å²) in [6, 6.07) is 0.929. The molecule has 0 aromatic heterocycles. The highest BCUT2D eigenvalue weighted by molar-refractivity contribution is 5.80. The predicted molar refractivity (Wildman–Crippen MR) is 66.6 cm³/mol. The van der Waals surface area contributed by atoms with Gasteiger partial charge in [0.05, 0.1) is 11.5 Å². The van der Waals surface area contributed by atoms with Crippen LogP contribution in [0.2, 0.25) is 0 Å². The van der Waals surface area contributed by atoms with Crippen LogP contribution in [-0.2, 0) is 4.79 Å². The fourth-order valence-corrected chi connectivity index (χ4v) is 3.14. The Balaban J connectivity index is 1.98. The summed E-state index contributed by atoms with van der Waals surface area (Å²) in [6.07, 6.45) is 3.32. The number of amides is 1. The quantitative estimate of drug-likeness (QED) is 0.762. The molecule has 2 saturated heterocycles. The van der Waals surface area contributed by atoms with Crippen LogP contribution in [0, 0.1) is 5.92 Å². The van der Waals surface area contributed by atoms with E-state index in [1.807, 2.05) is 6.92 Å². The largest absolute Gasteiger partial charge is 0.389 e. The highest BCUT2D eigenvalue weighted by Gasteiger charge is 2.44. The molecule has 2 fully saturated rings. The first-order chi connectivity index (χ1) is 7.90. The van der Waals surface area contributed by atoms with Gasteiger partial charge < -0.3 is 15.3 Å². The summed E-state index contributed by atoms with van der Waals surface area (Å²) in [5, 5.41) is 13.3. The lowest BCUT2D eigenvalue weighted by molar-refractivity contribution is -0.138. The molecule has 98 valence electrons. The fraction of sp³-hybridized carbons (Fsp3) is 0.923. The van der Waals surface area contributed by atoms with Crippen molar-refractivity contribution >= 4 is 5.91 Å². The van der Waals surface area contributed by atoms with Gasteiger partial charge in [0.25, 0.3) is 0 Å². The van der Waals surface area contributed by atoms with Gasteiger partial charge in [-0.25, -0.2) is 0 Å². The van der Waals surface area contributed by atoms with Gasteiger partial charge in [0.2, 0.25) is 5.91 Å². The van der Waals surface area contributed by atoms with Crippen molar-refractivity contribution in [2.24, 2.45) is 5.92 Å². The highest BCUT2D eigenvalue weighted by Crippen LogP contribution is 2.34. The third-order valence-electron chi connectivity index (χ3n) is 3.89. The summed E-state index contributed by atoms with van der Waals surface area (Å²) in [7, 11) is 0. The van der Waals surface area contributed by atoms with E-state index in [-0.39, 0.29) is 11.8 Å². The maximum absolute atomic E-state index is 12.4. The minimum atomic E-state index is -0.809. The molecule has 2 aliphatic rings. The average Bonchev–Trinajstić information content (AvgIpc) is 2.85. The molecule has 2 N–H and O–H groups in total. The van der Waals surface area contributed by atoms with Crippen LogP contribution in [0.15, 0.2) is 0 Å². The Labute approximate surface area is 103 Å². The minimum absolute atomic E-state index is 0.135. The Morgan fingerprint density at radius 3 is 2.59 bits per heavy atom. The van der Waals surface area contributed by atoms with E-state index in [1.165, 1.54) is 6.42 Å². The van der Waals surface area contributed by atoms with E-state index < -0.39 is 5.60 Å². The summed E-state index contributed by atoms with van der Waals surface area (Å²) < 4.78 is 0. The number of fused-ring (bicyclic) bond motifs is 2. The zero-order chi connectivity index (χ0) is 12.6. The van der Waals surface area contributed by atoms with Crippen molar-refractivity contribution in [2.75, 3.05) is 13.1 Å². The van der Waals surface area contributed by atoms with Gasteiger partial charge in [-0.05, 0) is 40.0 Å². The fourth-order valence-electron chi connectivity index (χ4n) is 3.14. The van der Waals surface area contributed by atoms with Crippen LogP contribution in [0.4, 0.5) is 0 Å². The van der Waals surface area contributed by atoms with Gasteiger partial charge in [-0.3, -0.25) is 4.79 Å². The molecular weight excluding hydrogens is 216 g/mol. The zero-order valence-electron chi connectivity index (χ0n) is 11.1. The molecule has 2 bridgehead atoms. The molecule has 0 spiro atoms. The number of carbonyl (C=O) groups excluding carboxylic acids is 1. The van der Waals surface area contributed by atoms with E-state index in [1.54, 1.807) is 18.7 Å². The molecule has 0 aromatic rings. The van der Waals surface area contributed by atoms with Gasteiger partial charge in [-0.2, -0.15) is 0 Å². The molecule has 1 amide bonds. The van der Waals surface area contributed by atoms with E-state index in [0.717, 1.165) is 12.8 Å². The molecule has 0 aliphatic carbocycles. The molecule has 3 atom stereocenters. The number of rotatable bonds is 4. The van der Waals surface area contributed by atoms with Gasteiger partial charge in [-0.1, -0.05) is 0 Å². The first kappa shape index (κ1) is 12.8. The Morgan fingerprint density at radius 1 is 1.47 bits per heavy atom. The third kappa shape index (κ3) is 2.80. The molecular formula is C13H24N2O2. The number of nitrogens with one attached hydrogen (secondary N) is 1. The van der Waals surface area contributed by atoms with Crippen molar-refractivity contribution in [1.82, 2.24) is 10.2 Å². The lowest BCUT2D eigenvalue weighted by Crippen LogP contribution is -2.46. The zero-order valence-corrected chi connectivity index (χ0v) is 11.1. The Kier molecular flexibility index (Phi) is 3.46. The van der Waals surface area contributed by atoms with Crippen LogP contribution in [0.1, 0.15) is 40.0 Å². The highest BCUT2D eigenvalue weighted by atomic mass is 16.3. The molecule has 4 nitrogen and oxygen atoms in total. The SMILES string of the molecule is CCN(CC(C)(C)O)C(=O)C1CC2CCC1N2. The van der Waals surface area contributed by atoms with Gasteiger partial charge in [0.1, 0.15) is 0 Å². The number of carbonyl (C=O) groups is 1. The minimum Gasteiger partial charge on any atom is -0.389 e. The van der Waals surface area contributed by atoms with Crippen LogP contribution in [0.3, 0.4) is 0 Å². The Hall–Kier alpha value is -0.610. The van der Waals surface area contributed by atoms with Crippen molar-refractivity contribution in [3.8, 4) is 0 Å². The van der Waals surface area contributed by atoms with E-state index >= 15 is 0 Å². The van der Waals surface area contributed by atoms with Crippen LogP contribution < -0.4 is 5.32 Å². The Bertz CT molecular complexity index is 298. The molecule has 2 aliphatic heterocycles. The Morgan fingerprint density at radius 2 is 2.18 bits per heavy atom. The van der Waals surface area contributed by atoms with Gasteiger partial charge in [-0.15, -0.1) is 0 Å². The lowest BCUT2D eigenvalue weighted by atomic mass is 9.88. The standard InChI is InChI=1S/C13H24N2O2/c1-4-15(8-13(2,3)17)12(16)10-7-9-5-6-11(10)14-9/h9-11,14,17H,4-8H2,1-3H3. The van der Waals surface area contributed by atoms with Crippen molar-refractivity contribution in [3.63, 3.8) is 0 Å². The summed E-state index contributed by atoms with van der Waals surface area (Å²) in [4.78, 5) is 14.2. The van der Waals surface area contributed by atoms with Crippen LogP contribution >= 0.6 is 0 Å². The molecule has 0 saturated carbocycles. The predicted octanol–water partition coefficient (Wildman–Crippen LogP) is 0.746. The van der Waals surface area contributed by atoms with Crippen LogP contribution in [0.5, 0.6) is 0 Å². The van der Waals surface area contributed by atoms with Gasteiger partial charge >= 0.3 is 0 Å². The molecule has 17 heavy (non-hydrogen) atoms. The number of nitrogens with zero attached hydrogens (tertiary/aromatic N) is 1. The van der Waals surface area contributed by atoms with E-state index in [9.17, 15) is 9.90 Å². The second-order valence-electron chi connectivity index (χ2n) is 6.05. The molecule has 0 radical (unpaired) electrons. The third-order valence-corrected chi connectivity index (χ3v) is 3.89.